The standard InChI is InChI=1S/C17H22N4O/c1-20-12-18-19-17(20)16-11-21(9-10-22-16)15-8-4-6-13-5-2-3-7-14(13)15/h2-3,5,7,12,15-16H,4,6,8-11H2,1H3/t15-,16+/m1/s1. The van der Waals surface area contributed by atoms with Gasteiger partial charge in [0.15, 0.2) is 5.82 Å². The molecule has 22 heavy (non-hydrogen) atoms. The minimum absolute atomic E-state index is 0.0235. The molecule has 1 aromatic heterocycles. The topological polar surface area (TPSA) is 43.2 Å². The largest absolute Gasteiger partial charge is 0.368 e. The van der Waals surface area contributed by atoms with Gasteiger partial charge >= 0.3 is 0 Å². The normalized spacial score (nSPS) is 25.9. The average Bonchev–Trinajstić information content (AvgIpc) is 3.00. The Labute approximate surface area is 130 Å². The van der Waals surface area contributed by atoms with Crippen molar-refractivity contribution in [1.29, 1.82) is 0 Å². The van der Waals surface area contributed by atoms with Gasteiger partial charge in [-0.1, -0.05) is 24.3 Å². The highest BCUT2D eigenvalue weighted by Crippen LogP contribution is 2.36. The molecular weight excluding hydrogens is 276 g/mol. The fourth-order valence-electron chi connectivity index (χ4n) is 3.80. The first kappa shape index (κ1) is 13.9. The fraction of sp³-hybridized carbons (Fsp3) is 0.529. The van der Waals surface area contributed by atoms with E-state index in [1.807, 2.05) is 11.6 Å². The van der Waals surface area contributed by atoms with Crippen molar-refractivity contribution in [3.05, 3.63) is 47.5 Å². The maximum Gasteiger partial charge on any atom is 0.163 e. The van der Waals surface area contributed by atoms with Gasteiger partial charge in [-0.2, -0.15) is 0 Å². The molecule has 2 aliphatic rings. The van der Waals surface area contributed by atoms with Crippen molar-refractivity contribution in [2.75, 3.05) is 19.7 Å². The summed E-state index contributed by atoms with van der Waals surface area (Å²) in [6.07, 6.45) is 5.49. The van der Waals surface area contributed by atoms with Crippen LogP contribution in [0.25, 0.3) is 0 Å². The summed E-state index contributed by atoms with van der Waals surface area (Å²) in [5.74, 6) is 0.925. The molecule has 0 amide bonds. The molecule has 5 nitrogen and oxygen atoms in total. The van der Waals surface area contributed by atoms with Crippen molar-refractivity contribution in [2.24, 2.45) is 7.05 Å². The van der Waals surface area contributed by atoms with E-state index in [0.29, 0.717) is 6.04 Å². The Hall–Kier alpha value is -1.72. The predicted molar refractivity (Wildman–Crippen MR) is 83.4 cm³/mol. The number of aromatic nitrogens is 3. The van der Waals surface area contributed by atoms with Gasteiger partial charge in [-0.05, 0) is 30.4 Å². The van der Waals surface area contributed by atoms with Gasteiger partial charge in [0.25, 0.3) is 0 Å². The zero-order valence-electron chi connectivity index (χ0n) is 13.0. The van der Waals surface area contributed by atoms with E-state index in [0.717, 1.165) is 25.5 Å². The first-order valence-electron chi connectivity index (χ1n) is 8.10. The Balaban J connectivity index is 1.57. The number of hydrogen-bond donors (Lipinski definition) is 0. The Morgan fingerprint density at radius 1 is 1.27 bits per heavy atom. The van der Waals surface area contributed by atoms with Crippen LogP contribution in [0.2, 0.25) is 0 Å². The maximum absolute atomic E-state index is 5.95. The molecule has 0 saturated carbocycles. The molecule has 4 rings (SSSR count). The molecule has 0 spiro atoms. The van der Waals surface area contributed by atoms with Crippen molar-refractivity contribution in [3.8, 4) is 0 Å². The molecule has 2 atom stereocenters. The summed E-state index contributed by atoms with van der Waals surface area (Å²) in [6.45, 7) is 2.65. The van der Waals surface area contributed by atoms with Gasteiger partial charge in [0.2, 0.25) is 0 Å². The molecule has 2 aromatic rings. The van der Waals surface area contributed by atoms with E-state index >= 15 is 0 Å². The Morgan fingerprint density at radius 2 is 2.18 bits per heavy atom. The molecule has 0 N–H and O–H groups in total. The summed E-state index contributed by atoms with van der Waals surface area (Å²) in [6, 6.07) is 9.42. The Bertz CT molecular complexity index is 654. The third kappa shape index (κ3) is 2.44. The van der Waals surface area contributed by atoms with Crippen LogP contribution in [0.4, 0.5) is 0 Å². The van der Waals surface area contributed by atoms with Crippen molar-refractivity contribution in [1.82, 2.24) is 19.7 Å². The second-order valence-electron chi connectivity index (χ2n) is 6.26. The zero-order chi connectivity index (χ0) is 14.9. The van der Waals surface area contributed by atoms with Crippen LogP contribution < -0.4 is 0 Å². The van der Waals surface area contributed by atoms with Crippen LogP contribution in [0, 0.1) is 0 Å². The van der Waals surface area contributed by atoms with E-state index in [2.05, 4.69) is 39.4 Å². The lowest BCUT2D eigenvalue weighted by atomic mass is 9.86. The van der Waals surface area contributed by atoms with Gasteiger partial charge < -0.3 is 9.30 Å². The average molecular weight is 298 g/mol. The summed E-state index contributed by atoms with van der Waals surface area (Å²) in [4.78, 5) is 2.57. The molecule has 1 saturated heterocycles. The number of fused-ring (bicyclic) bond motifs is 1. The SMILES string of the molecule is Cn1cnnc1[C@@H]1CN([C@@H]2CCCc3ccccc32)CCO1. The number of aryl methyl sites for hydroxylation is 2. The lowest BCUT2D eigenvalue weighted by molar-refractivity contribution is -0.0530. The second-order valence-corrected chi connectivity index (χ2v) is 6.26. The predicted octanol–water partition coefficient (Wildman–Crippen LogP) is 2.27. The minimum Gasteiger partial charge on any atom is -0.368 e. The Kier molecular flexibility index (Phi) is 3.68. The first-order valence-corrected chi connectivity index (χ1v) is 8.10. The molecule has 0 radical (unpaired) electrons. The molecule has 0 unspecified atom stereocenters. The van der Waals surface area contributed by atoms with Gasteiger partial charge in [-0.3, -0.25) is 4.90 Å². The van der Waals surface area contributed by atoms with E-state index in [4.69, 9.17) is 4.74 Å². The number of morpholine rings is 1. The zero-order valence-corrected chi connectivity index (χ0v) is 13.0. The van der Waals surface area contributed by atoms with E-state index in [1.165, 1.54) is 30.4 Å². The van der Waals surface area contributed by atoms with Crippen LogP contribution in [-0.2, 0) is 18.2 Å². The smallest absolute Gasteiger partial charge is 0.163 e. The number of hydrogen-bond acceptors (Lipinski definition) is 4. The van der Waals surface area contributed by atoms with Crippen LogP contribution in [-0.4, -0.2) is 39.4 Å². The highest BCUT2D eigenvalue weighted by molar-refractivity contribution is 5.32. The number of nitrogens with zero attached hydrogens (tertiary/aromatic N) is 4. The molecule has 1 fully saturated rings. The maximum atomic E-state index is 5.95. The van der Waals surface area contributed by atoms with Crippen molar-refractivity contribution < 1.29 is 4.74 Å². The number of rotatable bonds is 2. The molecule has 116 valence electrons. The number of ether oxygens (including phenoxy) is 1. The monoisotopic (exact) mass is 298 g/mol. The molecule has 1 aromatic carbocycles. The summed E-state index contributed by atoms with van der Waals surface area (Å²) in [7, 11) is 1.98. The molecule has 5 heteroatoms. The fourth-order valence-corrected chi connectivity index (χ4v) is 3.80. The summed E-state index contributed by atoms with van der Waals surface area (Å²) < 4.78 is 7.91. The van der Waals surface area contributed by atoms with Crippen LogP contribution in [0.5, 0.6) is 0 Å². The highest BCUT2D eigenvalue weighted by atomic mass is 16.5. The molecule has 0 bridgehead atoms. The lowest BCUT2D eigenvalue weighted by Gasteiger charge is -2.40. The van der Waals surface area contributed by atoms with Crippen LogP contribution in [0.3, 0.4) is 0 Å². The van der Waals surface area contributed by atoms with Gasteiger partial charge in [0.05, 0.1) is 6.61 Å². The van der Waals surface area contributed by atoms with Gasteiger partial charge in [-0.25, -0.2) is 0 Å². The minimum atomic E-state index is 0.0235. The van der Waals surface area contributed by atoms with Crippen molar-refractivity contribution in [2.45, 2.75) is 31.4 Å². The number of benzene rings is 1. The van der Waals surface area contributed by atoms with E-state index in [-0.39, 0.29) is 6.10 Å². The lowest BCUT2D eigenvalue weighted by Crippen LogP contribution is -2.42. The van der Waals surface area contributed by atoms with E-state index in [9.17, 15) is 0 Å². The third-order valence-electron chi connectivity index (χ3n) is 4.91. The first-order chi connectivity index (χ1) is 10.8. The van der Waals surface area contributed by atoms with Gasteiger partial charge in [-0.15, -0.1) is 10.2 Å². The molecule has 1 aliphatic heterocycles. The van der Waals surface area contributed by atoms with Crippen molar-refractivity contribution in [3.63, 3.8) is 0 Å². The quantitative estimate of drug-likeness (QED) is 0.853. The second kappa shape index (κ2) is 5.82. The summed E-state index contributed by atoms with van der Waals surface area (Å²) in [5.41, 5.74) is 3.02. The molecule has 2 heterocycles. The van der Waals surface area contributed by atoms with E-state index < -0.39 is 0 Å². The van der Waals surface area contributed by atoms with Gasteiger partial charge in [0.1, 0.15) is 12.4 Å². The Morgan fingerprint density at radius 3 is 3.05 bits per heavy atom. The summed E-state index contributed by atoms with van der Waals surface area (Å²) in [5, 5.41) is 8.21. The van der Waals surface area contributed by atoms with Gasteiger partial charge in [0, 0.05) is 26.2 Å². The molecular formula is C17H22N4O. The van der Waals surface area contributed by atoms with Crippen LogP contribution in [0.1, 0.15) is 41.9 Å². The molecule has 1 aliphatic carbocycles. The third-order valence-corrected chi connectivity index (χ3v) is 4.91. The van der Waals surface area contributed by atoms with Crippen molar-refractivity contribution >= 4 is 0 Å². The summed E-state index contributed by atoms with van der Waals surface area (Å²) >= 11 is 0. The highest BCUT2D eigenvalue weighted by Gasteiger charge is 2.32. The van der Waals surface area contributed by atoms with Crippen LogP contribution >= 0.6 is 0 Å². The van der Waals surface area contributed by atoms with Crippen LogP contribution in [0.15, 0.2) is 30.6 Å². The van der Waals surface area contributed by atoms with E-state index in [1.54, 1.807) is 6.33 Å².